The van der Waals surface area contributed by atoms with Crippen LogP contribution in [0.2, 0.25) is 5.02 Å². The summed E-state index contributed by atoms with van der Waals surface area (Å²) in [6.07, 6.45) is -0.167. The monoisotopic (exact) mass is 272 g/mol. The second-order valence-corrected chi connectivity index (χ2v) is 4.19. The van der Waals surface area contributed by atoms with E-state index in [-0.39, 0.29) is 17.1 Å². The van der Waals surface area contributed by atoms with Gasteiger partial charge in [-0.1, -0.05) is 17.7 Å². The summed E-state index contributed by atoms with van der Waals surface area (Å²) in [6.45, 7) is 1.83. The molecule has 0 saturated heterocycles. The highest BCUT2D eigenvalue weighted by atomic mass is 35.5. The summed E-state index contributed by atoms with van der Waals surface area (Å²) in [5.41, 5.74) is -0.494. The average Bonchev–Trinajstić information content (AvgIpc) is 2.27. The first kappa shape index (κ1) is 14.4. The van der Waals surface area contributed by atoms with E-state index >= 15 is 0 Å². The number of para-hydroxylation sites is 1. The van der Waals surface area contributed by atoms with Crippen molar-refractivity contribution in [2.45, 2.75) is 19.4 Å². The number of rotatable bonds is 5. The zero-order chi connectivity index (χ0) is 13.7. The number of nitro groups is 1. The van der Waals surface area contributed by atoms with Crippen LogP contribution in [0.5, 0.6) is 0 Å². The van der Waals surface area contributed by atoms with E-state index in [1.165, 1.54) is 18.2 Å². The van der Waals surface area contributed by atoms with Crippen LogP contribution < -0.4 is 5.32 Å². The SMILES string of the molecule is CC(O)CCNC(=O)c1cccc(Cl)c1[N+](=O)[O-]. The topological polar surface area (TPSA) is 92.5 Å². The number of aliphatic hydroxyl groups excluding tert-OH is 1. The molecule has 0 bridgehead atoms. The van der Waals surface area contributed by atoms with Crippen LogP contribution in [0.1, 0.15) is 23.7 Å². The lowest BCUT2D eigenvalue weighted by Crippen LogP contribution is -2.27. The van der Waals surface area contributed by atoms with Gasteiger partial charge in [0.25, 0.3) is 5.91 Å². The fourth-order valence-corrected chi connectivity index (χ4v) is 1.62. The molecule has 0 aliphatic rings. The number of hydrogen-bond acceptors (Lipinski definition) is 4. The molecule has 1 aromatic carbocycles. The third-order valence-corrected chi connectivity index (χ3v) is 2.57. The first-order chi connectivity index (χ1) is 8.43. The molecule has 0 saturated carbocycles. The first-order valence-corrected chi connectivity index (χ1v) is 5.70. The molecule has 1 aromatic rings. The predicted octanol–water partition coefficient (Wildman–Crippen LogP) is 1.75. The standard InChI is InChI=1S/C11H13ClN2O4/c1-7(15)5-6-13-11(16)8-3-2-4-9(12)10(8)14(17)18/h2-4,7,15H,5-6H2,1H3,(H,13,16). The molecule has 1 amide bonds. The predicted molar refractivity (Wildman–Crippen MR) is 66.7 cm³/mol. The summed E-state index contributed by atoms with van der Waals surface area (Å²) in [7, 11) is 0. The maximum absolute atomic E-state index is 11.7. The van der Waals surface area contributed by atoms with Crippen molar-refractivity contribution < 1.29 is 14.8 Å². The van der Waals surface area contributed by atoms with Crippen molar-refractivity contribution in [1.29, 1.82) is 0 Å². The Hall–Kier alpha value is -1.66. The van der Waals surface area contributed by atoms with Crippen LogP contribution in [0.15, 0.2) is 18.2 Å². The largest absolute Gasteiger partial charge is 0.393 e. The first-order valence-electron chi connectivity index (χ1n) is 5.32. The van der Waals surface area contributed by atoms with E-state index in [1.54, 1.807) is 6.92 Å². The van der Waals surface area contributed by atoms with Crippen LogP contribution in [0.3, 0.4) is 0 Å². The molecular weight excluding hydrogens is 260 g/mol. The number of carbonyl (C=O) groups is 1. The Morgan fingerprint density at radius 2 is 2.28 bits per heavy atom. The lowest BCUT2D eigenvalue weighted by molar-refractivity contribution is -0.385. The van der Waals surface area contributed by atoms with Gasteiger partial charge in [0, 0.05) is 6.54 Å². The van der Waals surface area contributed by atoms with Crippen molar-refractivity contribution in [2.75, 3.05) is 6.54 Å². The van der Waals surface area contributed by atoms with E-state index in [1.807, 2.05) is 0 Å². The van der Waals surface area contributed by atoms with Gasteiger partial charge < -0.3 is 10.4 Å². The van der Waals surface area contributed by atoms with E-state index in [4.69, 9.17) is 16.7 Å². The molecule has 0 spiro atoms. The lowest BCUT2D eigenvalue weighted by atomic mass is 10.1. The van der Waals surface area contributed by atoms with Gasteiger partial charge in [-0.05, 0) is 25.5 Å². The summed E-state index contributed by atoms with van der Waals surface area (Å²) in [5.74, 6) is -0.579. The second kappa shape index (κ2) is 6.32. The highest BCUT2D eigenvalue weighted by molar-refractivity contribution is 6.33. The Kier molecular flexibility index (Phi) is 5.06. The zero-order valence-corrected chi connectivity index (χ0v) is 10.5. The number of aliphatic hydroxyl groups is 1. The smallest absolute Gasteiger partial charge is 0.300 e. The number of nitrogens with one attached hydrogen (secondary N) is 1. The zero-order valence-electron chi connectivity index (χ0n) is 9.72. The van der Waals surface area contributed by atoms with Crippen molar-refractivity contribution in [1.82, 2.24) is 5.32 Å². The summed E-state index contributed by atoms with van der Waals surface area (Å²) >= 11 is 5.69. The molecule has 1 rings (SSSR count). The van der Waals surface area contributed by atoms with Crippen molar-refractivity contribution in [2.24, 2.45) is 0 Å². The number of benzene rings is 1. The minimum Gasteiger partial charge on any atom is -0.393 e. The highest BCUT2D eigenvalue weighted by Crippen LogP contribution is 2.27. The van der Waals surface area contributed by atoms with Crippen molar-refractivity contribution in [3.63, 3.8) is 0 Å². The molecule has 0 heterocycles. The third-order valence-electron chi connectivity index (χ3n) is 2.26. The molecule has 7 heteroatoms. The molecule has 98 valence electrons. The number of nitrogens with zero attached hydrogens (tertiary/aromatic N) is 1. The van der Waals surface area contributed by atoms with E-state index in [0.29, 0.717) is 6.42 Å². The second-order valence-electron chi connectivity index (χ2n) is 3.79. The van der Waals surface area contributed by atoms with Crippen LogP contribution in [-0.4, -0.2) is 28.6 Å². The molecule has 0 aliphatic carbocycles. The van der Waals surface area contributed by atoms with Gasteiger partial charge in [0.2, 0.25) is 0 Å². The summed E-state index contributed by atoms with van der Waals surface area (Å²) < 4.78 is 0. The van der Waals surface area contributed by atoms with Crippen LogP contribution in [0.25, 0.3) is 0 Å². The van der Waals surface area contributed by atoms with Crippen LogP contribution in [-0.2, 0) is 0 Å². The van der Waals surface area contributed by atoms with E-state index in [0.717, 1.165) is 0 Å². The van der Waals surface area contributed by atoms with E-state index in [2.05, 4.69) is 5.32 Å². The summed E-state index contributed by atoms with van der Waals surface area (Å²) in [5, 5.41) is 22.3. The lowest BCUT2D eigenvalue weighted by Gasteiger charge is -2.07. The maximum atomic E-state index is 11.7. The third kappa shape index (κ3) is 3.68. The van der Waals surface area contributed by atoms with Gasteiger partial charge in [0.15, 0.2) is 0 Å². The minimum absolute atomic E-state index is 0.0804. The van der Waals surface area contributed by atoms with Gasteiger partial charge in [0.1, 0.15) is 10.6 Å². The Morgan fingerprint density at radius 3 is 2.83 bits per heavy atom. The van der Waals surface area contributed by atoms with Crippen LogP contribution in [0.4, 0.5) is 5.69 Å². The molecule has 1 atom stereocenters. The highest BCUT2D eigenvalue weighted by Gasteiger charge is 2.23. The molecular formula is C11H13ClN2O4. The Bertz CT molecular complexity index is 462. The van der Waals surface area contributed by atoms with Gasteiger partial charge in [-0.3, -0.25) is 14.9 Å². The van der Waals surface area contributed by atoms with Gasteiger partial charge in [-0.25, -0.2) is 0 Å². The molecule has 6 nitrogen and oxygen atoms in total. The number of hydrogen-bond donors (Lipinski definition) is 2. The summed E-state index contributed by atoms with van der Waals surface area (Å²) in [6, 6.07) is 4.16. The van der Waals surface area contributed by atoms with Gasteiger partial charge >= 0.3 is 5.69 Å². The fourth-order valence-electron chi connectivity index (χ4n) is 1.37. The van der Waals surface area contributed by atoms with Gasteiger partial charge in [0.05, 0.1) is 11.0 Å². The van der Waals surface area contributed by atoms with Gasteiger partial charge in [-0.15, -0.1) is 0 Å². The van der Waals surface area contributed by atoms with E-state index in [9.17, 15) is 14.9 Å². The number of nitro benzene ring substituents is 1. The number of halogens is 1. The molecule has 0 radical (unpaired) electrons. The fraction of sp³-hybridized carbons (Fsp3) is 0.364. The minimum atomic E-state index is -0.689. The van der Waals surface area contributed by atoms with Crippen molar-refractivity contribution in [3.8, 4) is 0 Å². The molecule has 0 fully saturated rings. The Labute approximate surface area is 109 Å². The van der Waals surface area contributed by atoms with E-state index < -0.39 is 22.6 Å². The summed E-state index contributed by atoms with van der Waals surface area (Å²) in [4.78, 5) is 21.9. The van der Waals surface area contributed by atoms with Crippen molar-refractivity contribution >= 4 is 23.2 Å². The number of carbonyl (C=O) groups excluding carboxylic acids is 1. The molecule has 0 aliphatic heterocycles. The molecule has 1 unspecified atom stereocenters. The number of amides is 1. The molecule has 2 N–H and O–H groups in total. The maximum Gasteiger partial charge on any atom is 0.300 e. The normalized spacial score (nSPS) is 11.9. The van der Waals surface area contributed by atoms with Crippen LogP contribution in [0, 0.1) is 10.1 Å². The van der Waals surface area contributed by atoms with Gasteiger partial charge in [-0.2, -0.15) is 0 Å². The van der Waals surface area contributed by atoms with Crippen molar-refractivity contribution in [3.05, 3.63) is 38.9 Å². The van der Waals surface area contributed by atoms with Crippen LogP contribution >= 0.6 is 11.6 Å². The Morgan fingerprint density at radius 1 is 1.61 bits per heavy atom. The Balaban J connectivity index is 2.86. The average molecular weight is 273 g/mol. The molecule has 0 aromatic heterocycles. The quantitative estimate of drug-likeness (QED) is 0.631. The molecule has 18 heavy (non-hydrogen) atoms.